The molecular formula is C30H40F3N5O3. The monoisotopic (exact) mass is 575 g/mol. The fourth-order valence-electron chi connectivity index (χ4n) is 6.02. The third kappa shape index (κ3) is 7.82. The Balaban J connectivity index is 1.36. The van der Waals surface area contributed by atoms with E-state index in [1.165, 1.54) is 4.90 Å². The van der Waals surface area contributed by atoms with Crippen molar-refractivity contribution in [1.82, 2.24) is 9.88 Å². The molecule has 1 atom stereocenters. The number of urea groups is 1. The fourth-order valence-corrected chi connectivity index (χ4v) is 6.02. The van der Waals surface area contributed by atoms with Crippen molar-refractivity contribution in [1.29, 1.82) is 0 Å². The highest BCUT2D eigenvalue weighted by atomic mass is 19.4. The van der Waals surface area contributed by atoms with Gasteiger partial charge in [-0.15, -0.1) is 0 Å². The lowest BCUT2D eigenvalue weighted by atomic mass is 9.83. The number of aliphatic hydroxyl groups is 1. The molecule has 0 bridgehead atoms. The highest BCUT2D eigenvalue weighted by molar-refractivity contribution is 5.91. The van der Waals surface area contributed by atoms with Gasteiger partial charge in [-0.3, -0.25) is 0 Å². The maximum absolute atomic E-state index is 12.9. The minimum Gasteiger partial charge on any atom is -0.390 e. The Morgan fingerprint density at radius 2 is 1.85 bits per heavy atom. The molecule has 224 valence electrons. The van der Waals surface area contributed by atoms with E-state index in [1.807, 2.05) is 38.1 Å². The third-order valence-corrected chi connectivity index (χ3v) is 8.45. The lowest BCUT2D eigenvalue weighted by molar-refractivity contribution is -0.143. The number of morpholine rings is 1. The summed E-state index contributed by atoms with van der Waals surface area (Å²) in [6, 6.07) is 9.57. The van der Waals surface area contributed by atoms with Gasteiger partial charge in [-0.25, -0.2) is 9.78 Å². The molecule has 1 saturated carbocycles. The summed E-state index contributed by atoms with van der Waals surface area (Å²) in [6.45, 7) is 7.05. The SMILES string of the molecule is Cc1ccc(NC(=O)N2CCC(CC(F)(F)F)C2)cc1-c1cc(NC2CCC(C)(O)CC2)nc(N2CCOCC2)c1. The molecule has 3 heterocycles. The van der Waals surface area contributed by atoms with Crippen molar-refractivity contribution in [3.05, 3.63) is 35.9 Å². The number of carbonyl (C=O) groups is 1. The van der Waals surface area contributed by atoms with Crippen LogP contribution < -0.4 is 15.5 Å². The standard InChI is InChI=1S/C30H40F3N5O3/c1-20-3-4-24(35-28(39)38-10-7-21(19-38)18-30(31,32)33)17-25(20)22-15-26(34-23-5-8-29(2,40)9-6-23)36-27(16-22)37-11-13-41-14-12-37/h3-4,15-17,21,23,40H,5-14,18-19H2,1-2H3,(H,34,36)(H,35,39). The molecule has 1 unspecified atom stereocenters. The molecule has 3 fully saturated rings. The number of benzene rings is 1. The highest BCUT2D eigenvalue weighted by Crippen LogP contribution is 2.35. The Morgan fingerprint density at radius 1 is 1.12 bits per heavy atom. The van der Waals surface area contributed by atoms with Crippen molar-refractivity contribution in [2.45, 2.75) is 70.2 Å². The molecule has 2 aromatic rings. The minimum atomic E-state index is -4.22. The number of nitrogens with zero attached hydrogens (tertiary/aromatic N) is 3. The number of pyridine rings is 1. The molecule has 1 aliphatic carbocycles. The Hall–Kier alpha value is -3.05. The van der Waals surface area contributed by atoms with Gasteiger partial charge in [0.15, 0.2) is 0 Å². The molecule has 5 rings (SSSR count). The quantitative estimate of drug-likeness (QED) is 0.403. The second kappa shape index (κ2) is 12.1. The number of hydrogen-bond donors (Lipinski definition) is 3. The topological polar surface area (TPSA) is 90.0 Å². The van der Waals surface area contributed by atoms with Gasteiger partial charge in [0.1, 0.15) is 11.6 Å². The summed E-state index contributed by atoms with van der Waals surface area (Å²) >= 11 is 0. The Kier molecular flexibility index (Phi) is 8.65. The second-order valence-corrected chi connectivity index (χ2v) is 12.0. The Morgan fingerprint density at radius 3 is 2.56 bits per heavy atom. The molecule has 2 aliphatic heterocycles. The lowest BCUT2D eigenvalue weighted by Crippen LogP contribution is -2.37. The first-order valence-corrected chi connectivity index (χ1v) is 14.5. The van der Waals surface area contributed by atoms with E-state index in [0.29, 0.717) is 31.9 Å². The van der Waals surface area contributed by atoms with Gasteiger partial charge in [-0.05, 0) is 92.8 Å². The summed E-state index contributed by atoms with van der Waals surface area (Å²) in [6.07, 6.45) is -1.57. The van der Waals surface area contributed by atoms with Gasteiger partial charge in [0.25, 0.3) is 0 Å². The zero-order chi connectivity index (χ0) is 29.2. The van der Waals surface area contributed by atoms with Crippen LogP contribution in [0.25, 0.3) is 11.1 Å². The predicted octanol–water partition coefficient (Wildman–Crippen LogP) is 5.81. The number of anilines is 3. The summed E-state index contributed by atoms with van der Waals surface area (Å²) in [7, 11) is 0. The molecule has 2 saturated heterocycles. The lowest BCUT2D eigenvalue weighted by Gasteiger charge is -2.34. The van der Waals surface area contributed by atoms with Crippen LogP contribution in [0.3, 0.4) is 0 Å². The van der Waals surface area contributed by atoms with E-state index in [-0.39, 0.29) is 18.6 Å². The Labute approximate surface area is 239 Å². The largest absolute Gasteiger partial charge is 0.390 e. The summed E-state index contributed by atoms with van der Waals surface area (Å²) in [5.74, 6) is 1.04. The number of carbonyl (C=O) groups excluding carboxylic acids is 1. The van der Waals surface area contributed by atoms with Gasteiger partial charge < -0.3 is 30.3 Å². The summed E-state index contributed by atoms with van der Waals surface area (Å²) < 4.78 is 44.0. The average Bonchev–Trinajstić information content (AvgIpc) is 3.38. The second-order valence-electron chi connectivity index (χ2n) is 12.0. The van der Waals surface area contributed by atoms with Crippen molar-refractivity contribution >= 4 is 23.4 Å². The summed E-state index contributed by atoms with van der Waals surface area (Å²) in [4.78, 5) is 21.5. The van der Waals surface area contributed by atoms with Crippen molar-refractivity contribution in [3.63, 3.8) is 0 Å². The molecule has 11 heteroatoms. The van der Waals surface area contributed by atoms with E-state index >= 15 is 0 Å². The zero-order valence-electron chi connectivity index (χ0n) is 23.8. The van der Waals surface area contributed by atoms with Crippen LogP contribution in [0, 0.1) is 12.8 Å². The van der Waals surface area contributed by atoms with Gasteiger partial charge in [0, 0.05) is 44.3 Å². The number of nitrogens with one attached hydrogen (secondary N) is 2. The third-order valence-electron chi connectivity index (χ3n) is 8.45. The number of aromatic nitrogens is 1. The molecule has 1 aromatic carbocycles. The minimum absolute atomic E-state index is 0.100. The van der Waals surface area contributed by atoms with Crippen molar-refractivity contribution in [3.8, 4) is 11.1 Å². The first-order valence-electron chi connectivity index (χ1n) is 14.5. The molecule has 0 radical (unpaired) electrons. The van der Waals surface area contributed by atoms with Crippen LogP contribution in [0.5, 0.6) is 0 Å². The van der Waals surface area contributed by atoms with E-state index in [4.69, 9.17) is 9.72 Å². The van der Waals surface area contributed by atoms with Crippen molar-refractivity contribution in [2.24, 2.45) is 5.92 Å². The molecule has 3 aliphatic rings. The first-order chi connectivity index (χ1) is 19.4. The Bertz CT molecular complexity index is 1220. The number of rotatable bonds is 6. The van der Waals surface area contributed by atoms with Crippen molar-refractivity contribution in [2.75, 3.05) is 54.9 Å². The number of amides is 2. The van der Waals surface area contributed by atoms with Gasteiger partial charge in [0.2, 0.25) is 0 Å². The van der Waals surface area contributed by atoms with Gasteiger partial charge in [0.05, 0.1) is 18.8 Å². The summed E-state index contributed by atoms with van der Waals surface area (Å²) in [5, 5.41) is 16.9. The molecular weight excluding hydrogens is 535 g/mol. The number of alkyl halides is 3. The maximum Gasteiger partial charge on any atom is 0.389 e. The van der Waals surface area contributed by atoms with Crippen LogP contribution in [0.2, 0.25) is 0 Å². The summed E-state index contributed by atoms with van der Waals surface area (Å²) in [5.41, 5.74) is 2.87. The van der Waals surface area contributed by atoms with Crippen LogP contribution in [0.15, 0.2) is 30.3 Å². The van der Waals surface area contributed by atoms with Gasteiger partial charge in [-0.2, -0.15) is 13.2 Å². The zero-order valence-corrected chi connectivity index (χ0v) is 23.8. The van der Waals surface area contributed by atoms with Crippen LogP contribution in [0.4, 0.5) is 35.3 Å². The van der Waals surface area contributed by atoms with E-state index in [0.717, 1.165) is 67.1 Å². The van der Waals surface area contributed by atoms with E-state index < -0.39 is 24.1 Å². The van der Waals surface area contributed by atoms with Crippen LogP contribution in [0.1, 0.15) is 51.0 Å². The van der Waals surface area contributed by atoms with Crippen LogP contribution >= 0.6 is 0 Å². The van der Waals surface area contributed by atoms with Gasteiger partial charge in [-0.1, -0.05) is 6.07 Å². The molecule has 41 heavy (non-hydrogen) atoms. The van der Waals surface area contributed by atoms with E-state index in [2.05, 4.69) is 21.6 Å². The molecule has 0 spiro atoms. The van der Waals surface area contributed by atoms with Gasteiger partial charge >= 0.3 is 12.2 Å². The number of aryl methyl sites for hydroxylation is 1. The predicted molar refractivity (Wildman–Crippen MR) is 153 cm³/mol. The molecule has 8 nitrogen and oxygen atoms in total. The smallest absolute Gasteiger partial charge is 0.389 e. The van der Waals surface area contributed by atoms with E-state index in [1.54, 1.807) is 0 Å². The maximum atomic E-state index is 12.9. The molecule has 2 amide bonds. The molecule has 3 N–H and O–H groups in total. The van der Waals surface area contributed by atoms with E-state index in [9.17, 15) is 23.1 Å². The van der Waals surface area contributed by atoms with Crippen LogP contribution in [-0.2, 0) is 4.74 Å². The van der Waals surface area contributed by atoms with Crippen LogP contribution in [-0.4, -0.2) is 78.2 Å². The number of likely N-dealkylation sites (tertiary alicyclic amines) is 1. The number of halogens is 3. The first kappa shape index (κ1) is 29.4. The number of ether oxygens (including phenoxy) is 1. The average molecular weight is 576 g/mol. The highest BCUT2D eigenvalue weighted by Gasteiger charge is 2.36. The normalized spacial score (nSPS) is 25.3. The molecule has 1 aromatic heterocycles. The van der Waals surface area contributed by atoms with Crippen molar-refractivity contribution < 1.29 is 27.8 Å². The fraction of sp³-hybridized carbons (Fsp3) is 0.600. The number of hydrogen-bond acceptors (Lipinski definition) is 6.